The van der Waals surface area contributed by atoms with Gasteiger partial charge in [0.1, 0.15) is 11.4 Å². The Kier molecular flexibility index (Phi) is 4.59. The summed E-state index contributed by atoms with van der Waals surface area (Å²) in [5.41, 5.74) is 0.804. The Balaban J connectivity index is 3.06. The van der Waals surface area contributed by atoms with Crippen molar-refractivity contribution in [2.75, 3.05) is 13.7 Å². The molecule has 0 radical (unpaired) electrons. The molecule has 17 heavy (non-hydrogen) atoms. The molecule has 7 nitrogen and oxygen atoms in total. The zero-order chi connectivity index (χ0) is 13.0. The highest BCUT2D eigenvalue weighted by Crippen LogP contribution is 2.24. The first-order valence-electron chi connectivity index (χ1n) is 5.38. The molecule has 0 amide bonds. The van der Waals surface area contributed by atoms with Gasteiger partial charge in [-0.1, -0.05) is 0 Å². The van der Waals surface area contributed by atoms with Crippen LogP contribution in [0.1, 0.15) is 18.3 Å². The van der Waals surface area contributed by atoms with E-state index in [1.807, 2.05) is 6.92 Å². The van der Waals surface area contributed by atoms with Gasteiger partial charge in [0.25, 0.3) is 0 Å². The average Bonchev–Trinajstić information content (AvgIpc) is 2.55. The van der Waals surface area contributed by atoms with E-state index in [-0.39, 0.29) is 18.7 Å². The number of aromatic nitrogens is 2. The van der Waals surface area contributed by atoms with Crippen molar-refractivity contribution in [3.05, 3.63) is 21.5 Å². The summed E-state index contributed by atoms with van der Waals surface area (Å²) in [5, 5.41) is 24.7. The summed E-state index contributed by atoms with van der Waals surface area (Å²) in [6.07, 6.45) is -0.598. The van der Waals surface area contributed by atoms with Crippen LogP contribution in [-0.4, -0.2) is 39.6 Å². The number of nitrogens with zero attached hydrogens (tertiary/aromatic N) is 3. The lowest BCUT2D eigenvalue weighted by molar-refractivity contribution is -0.386. The summed E-state index contributed by atoms with van der Waals surface area (Å²) < 4.78 is 6.35. The Bertz CT molecular complexity index is 403. The molecule has 1 rings (SSSR count). The molecule has 0 aliphatic heterocycles. The molecule has 0 spiro atoms. The van der Waals surface area contributed by atoms with Crippen LogP contribution in [0.25, 0.3) is 0 Å². The molecule has 0 saturated heterocycles. The Hall–Kier alpha value is -1.47. The van der Waals surface area contributed by atoms with Crippen molar-refractivity contribution in [2.24, 2.45) is 0 Å². The molecule has 0 aliphatic rings. The third kappa shape index (κ3) is 3.01. The molecule has 1 N–H and O–H groups in total. The number of aliphatic hydroxyl groups excluding tert-OH is 1. The predicted molar refractivity (Wildman–Crippen MR) is 60.9 cm³/mol. The van der Waals surface area contributed by atoms with E-state index in [1.165, 1.54) is 7.11 Å². The largest absolute Gasteiger partial charge is 0.390 e. The van der Waals surface area contributed by atoms with Crippen LogP contribution in [0.15, 0.2) is 0 Å². The van der Waals surface area contributed by atoms with Gasteiger partial charge >= 0.3 is 5.69 Å². The molecule has 1 unspecified atom stereocenters. The van der Waals surface area contributed by atoms with Crippen LogP contribution in [0.4, 0.5) is 5.69 Å². The Labute approximate surface area is 99.2 Å². The fraction of sp³-hybridized carbons (Fsp3) is 0.700. The smallest absolute Gasteiger partial charge is 0.313 e. The average molecular weight is 243 g/mol. The van der Waals surface area contributed by atoms with Crippen molar-refractivity contribution in [1.82, 2.24) is 9.78 Å². The van der Waals surface area contributed by atoms with Gasteiger partial charge in [-0.05, 0) is 13.8 Å². The number of methoxy groups -OCH3 is 1. The first-order chi connectivity index (χ1) is 8.01. The molecule has 1 heterocycles. The van der Waals surface area contributed by atoms with E-state index in [0.717, 1.165) is 0 Å². The van der Waals surface area contributed by atoms with E-state index in [0.29, 0.717) is 17.9 Å². The molecule has 1 aromatic rings. The van der Waals surface area contributed by atoms with E-state index < -0.39 is 11.0 Å². The number of hydrogen-bond acceptors (Lipinski definition) is 5. The Morgan fingerprint density at radius 2 is 2.29 bits per heavy atom. The third-order valence-electron chi connectivity index (χ3n) is 2.47. The Morgan fingerprint density at radius 1 is 1.65 bits per heavy atom. The van der Waals surface area contributed by atoms with Gasteiger partial charge in [0.05, 0.1) is 17.6 Å². The molecule has 0 bridgehead atoms. The number of aryl methyl sites for hydroxylation is 2. The molecular weight excluding hydrogens is 226 g/mol. The van der Waals surface area contributed by atoms with Gasteiger partial charge in [-0.25, -0.2) is 0 Å². The summed E-state index contributed by atoms with van der Waals surface area (Å²) in [6.45, 7) is 4.12. The number of hydrogen-bond donors (Lipinski definition) is 1. The highest BCUT2D eigenvalue weighted by Gasteiger charge is 2.26. The van der Waals surface area contributed by atoms with Gasteiger partial charge in [-0.15, -0.1) is 0 Å². The first kappa shape index (κ1) is 13.6. The number of ether oxygens (including phenoxy) is 1. The minimum atomic E-state index is -0.764. The van der Waals surface area contributed by atoms with Crippen molar-refractivity contribution in [3.63, 3.8) is 0 Å². The lowest BCUT2D eigenvalue weighted by atomic mass is 10.1. The van der Waals surface area contributed by atoms with Crippen LogP contribution >= 0.6 is 0 Å². The molecule has 96 valence electrons. The lowest BCUT2D eigenvalue weighted by Gasteiger charge is -2.09. The minimum Gasteiger partial charge on any atom is -0.390 e. The van der Waals surface area contributed by atoms with Gasteiger partial charge in [-0.2, -0.15) is 5.10 Å². The second-order valence-electron chi connectivity index (χ2n) is 3.77. The van der Waals surface area contributed by atoms with E-state index >= 15 is 0 Å². The maximum Gasteiger partial charge on any atom is 0.313 e. The molecule has 0 aromatic carbocycles. The maximum absolute atomic E-state index is 11.0. The number of aliphatic hydroxyl groups is 1. The van der Waals surface area contributed by atoms with Crippen molar-refractivity contribution >= 4 is 5.69 Å². The quantitative estimate of drug-likeness (QED) is 0.585. The van der Waals surface area contributed by atoms with Crippen molar-refractivity contribution in [2.45, 2.75) is 32.9 Å². The van der Waals surface area contributed by atoms with Gasteiger partial charge in [0.2, 0.25) is 0 Å². The predicted octanol–water partition coefficient (Wildman–Crippen LogP) is 0.669. The zero-order valence-electron chi connectivity index (χ0n) is 10.2. The number of nitro groups is 1. The van der Waals surface area contributed by atoms with Crippen LogP contribution in [0.3, 0.4) is 0 Å². The molecule has 0 fully saturated rings. The molecule has 0 saturated carbocycles. The molecular formula is C10H17N3O4. The summed E-state index contributed by atoms with van der Waals surface area (Å²) in [7, 11) is 1.47. The van der Waals surface area contributed by atoms with E-state index in [4.69, 9.17) is 4.74 Å². The van der Waals surface area contributed by atoms with Crippen molar-refractivity contribution < 1.29 is 14.8 Å². The van der Waals surface area contributed by atoms with Gasteiger partial charge in [-0.3, -0.25) is 14.8 Å². The van der Waals surface area contributed by atoms with Crippen molar-refractivity contribution in [1.29, 1.82) is 0 Å². The second kappa shape index (κ2) is 5.74. The van der Waals surface area contributed by atoms with Gasteiger partial charge in [0, 0.05) is 20.1 Å². The standard InChI is InChI=1S/C10H17N3O4/c1-4-12-9(5-8(14)6-17-3)10(13(15)16)7(2)11-12/h8,14H,4-6H2,1-3H3. The monoisotopic (exact) mass is 243 g/mol. The zero-order valence-corrected chi connectivity index (χ0v) is 10.2. The maximum atomic E-state index is 11.0. The molecule has 1 atom stereocenters. The fourth-order valence-electron chi connectivity index (χ4n) is 1.80. The van der Waals surface area contributed by atoms with E-state index in [9.17, 15) is 15.2 Å². The van der Waals surface area contributed by atoms with E-state index in [1.54, 1.807) is 11.6 Å². The van der Waals surface area contributed by atoms with Crippen molar-refractivity contribution in [3.8, 4) is 0 Å². The summed E-state index contributed by atoms with van der Waals surface area (Å²) in [6, 6.07) is 0. The molecule has 1 aromatic heterocycles. The topological polar surface area (TPSA) is 90.4 Å². The van der Waals surface area contributed by atoms with Crippen LogP contribution in [-0.2, 0) is 17.7 Å². The third-order valence-corrected chi connectivity index (χ3v) is 2.47. The summed E-state index contributed by atoms with van der Waals surface area (Å²) >= 11 is 0. The Morgan fingerprint density at radius 3 is 2.76 bits per heavy atom. The molecule has 7 heteroatoms. The summed E-state index contributed by atoms with van der Waals surface area (Å²) in [5.74, 6) is 0. The summed E-state index contributed by atoms with van der Waals surface area (Å²) in [4.78, 5) is 10.5. The van der Waals surface area contributed by atoms with Crippen LogP contribution in [0.2, 0.25) is 0 Å². The highest BCUT2D eigenvalue weighted by atomic mass is 16.6. The van der Waals surface area contributed by atoms with E-state index in [2.05, 4.69) is 5.10 Å². The SMILES string of the molecule is CCn1nc(C)c([N+](=O)[O-])c1CC(O)COC. The normalized spacial score (nSPS) is 12.7. The molecule has 0 aliphatic carbocycles. The van der Waals surface area contributed by atoms with Gasteiger partial charge in [0.15, 0.2) is 0 Å². The first-order valence-corrected chi connectivity index (χ1v) is 5.38. The lowest BCUT2D eigenvalue weighted by Crippen LogP contribution is -2.20. The van der Waals surface area contributed by atoms with Crippen LogP contribution < -0.4 is 0 Å². The highest BCUT2D eigenvalue weighted by molar-refractivity contribution is 5.40. The van der Waals surface area contributed by atoms with Crippen LogP contribution in [0, 0.1) is 17.0 Å². The van der Waals surface area contributed by atoms with Crippen LogP contribution in [0.5, 0.6) is 0 Å². The number of rotatable bonds is 6. The fourth-order valence-corrected chi connectivity index (χ4v) is 1.80. The van der Waals surface area contributed by atoms with Gasteiger partial charge < -0.3 is 9.84 Å². The minimum absolute atomic E-state index is 0.0120. The second-order valence-corrected chi connectivity index (χ2v) is 3.77.